The minimum absolute atomic E-state index is 0. The molecule has 7 heteroatoms. The first-order valence-electron chi connectivity index (χ1n) is 6.00. The summed E-state index contributed by atoms with van der Waals surface area (Å²) in [5, 5.41) is 3.43. The van der Waals surface area contributed by atoms with Crippen molar-refractivity contribution in [2.45, 2.75) is 38.8 Å². The molecule has 0 radical (unpaired) electrons. The van der Waals surface area contributed by atoms with E-state index in [0.717, 1.165) is 19.4 Å². The molecule has 0 bridgehead atoms. The lowest BCUT2D eigenvalue weighted by Crippen LogP contribution is -2.51. The molecule has 2 aliphatic heterocycles. The van der Waals surface area contributed by atoms with Gasteiger partial charge < -0.3 is 5.32 Å². The van der Waals surface area contributed by atoms with Gasteiger partial charge in [-0.15, -0.1) is 12.4 Å². The summed E-state index contributed by atoms with van der Waals surface area (Å²) in [7, 11) is -3.27. The van der Waals surface area contributed by atoms with Gasteiger partial charge in [0, 0.05) is 25.2 Å². The van der Waals surface area contributed by atoms with E-state index in [1.165, 1.54) is 0 Å². The number of rotatable bonds is 3. The Morgan fingerprint density at radius 1 is 1.35 bits per heavy atom. The Morgan fingerprint density at radius 2 is 2.06 bits per heavy atom. The zero-order valence-electron chi connectivity index (χ0n) is 10.3. The van der Waals surface area contributed by atoms with Gasteiger partial charge >= 0.3 is 0 Å². The second-order valence-corrected chi connectivity index (χ2v) is 6.74. The van der Waals surface area contributed by atoms with E-state index < -0.39 is 10.2 Å². The molecule has 0 aromatic carbocycles. The molecule has 2 rings (SSSR count). The summed E-state index contributed by atoms with van der Waals surface area (Å²) >= 11 is 0. The van der Waals surface area contributed by atoms with Crippen LogP contribution in [0.2, 0.25) is 0 Å². The quantitative estimate of drug-likeness (QED) is 0.785. The van der Waals surface area contributed by atoms with Gasteiger partial charge in [0.25, 0.3) is 10.2 Å². The molecule has 2 saturated heterocycles. The van der Waals surface area contributed by atoms with Crippen molar-refractivity contribution >= 4 is 22.6 Å². The first kappa shape index (κ1) is 15.2. The molecule has 2 N–H and O–H groups in total. The van der Waals surface area contributed by atoms with E-state index in [9.17, 15) is 8.42 Å². The van der Waals surface area contributed by atoms with Crippen LogP contribution in [-0.4, -0.2) is 44.4 Å². The summed E-state index contributed by atoms with van der Waals surface area (Å²) in [4.78, 5) is 0. The number of halogens is 1. The molecule has 2 atom stereocenters. The highest BCUT2D eigenvalue weighted by atomic mass is 35.5. The van der Waals surface area contributed by atoms with E-state index in [0.29, 0.717) is 25.0 Å². The zero-order chi connectivity index (χ0) is 11.8. The minimum Gasteiger partial charge on any atom is -0.314 e. The topological polar surface area (TPSA) is 61.4 Å². The molecule has 2 heterocycles. The van der Waals surface area contributed by atoms with Crippen LogP contribution in [0, 0.1) is 5.92 Å². The smallest absolute Gasteiger partial charge is 0.279 e. The molecule has 2 unspecified atom stereocenters. The first-order chi connectivity index (χ1) is 7.49. The third-order valence-electron chi connectivity index (χ3n) is 3.34. The van der Waals surface area contributed by atoms with Crippen LogP contribution in [0.1, 0.15) is 26.7 Å². The fourth-order valence-corrected chi connectivity index (χ4v) is 4.08. The van der Waals surface area contributed by atoms with Crippen molar-refractivity contribution < 1.29 is 8.42 Å². The van der Waals surface area contributed by atoms with Gasteiger partial charge in [0.15, 0.2) is 0 Å². The van der Waals surface area contributed by atoms with Crippen LogP contribution in [0.4, 0.5) is 0 Å². The molecule has 2 aliphatic rings. The van der Waals surface area contributed by atoms with E-state index in [1.807, 2.05) is 13.8 Å². The SMILES string of the molecule is CC(C)NS(=O)(=O)N1CCC2NCCC2C1.Cl. The molecule has 0 amide bonds. The van der Waals surface area contributed by atoms with Gasteiger partial charge in [0.05, 0.1) is 0 Å². The molecule has 0 aliphatic carbocycles. The van der Waals surface area contributed by atoms with E-state index in [1.54, 1.807) is 4.31 Å². The van der Waals surface area contributed by atoms with Crippen molar-refractivity contribution in [2.75, 3.05) is 19.6 Å². The third kappa shape index (κ3) is 3.54. The van der Waals surface area contributed by atoms with E-state index in [4.69, 9.17) is 0 Å². The normalized spacial score (nSPS) is 30.1. The van der Waals surface area contributed by atoms with Gasteiger partial charge in [0.2, 0.25) is 0 Å². The molecule has 0 aromatic rings. The lowest BCUT2D eigenvalue weighted by molar-refractivity contribution is 0.244. The largest absolute Gasteiger partial charge is 0.314 e. The van der Waals surface area contributed by atoms with Crippen LogP contribution < -0.4 is 10.0 Å². The number of nitrogens with one attached hydrogen (secondary N) is 2. The Hall–Kier alpha value is 0.120. The van der Waals surface area contributed by atoms with Crippen LogP contribution in [0.5, 0.6) is 0 Å². The van der Waals surface area contributed by atoms with Gasteiger partial charge in [-0.05, 0) is 39.2 Å². The molecule has 17 heavy (non-hydrogen) atoms. The van der Waals surface area contributed by atoms with Crippen molar-refractivity contribution in [1.29, 1.82) is 0 Å². The Labute approximate surface area is 110 Å². The standard InChI is InChI=1S/C10H21N3O2S.ClH/c1-8(2)12-16(14,15)13-6-4-10-9(7-13)3-5-11-10;/h8-12H,3-7H2,1-2H3;1H. The molecule has 2 fully saturated rings. The van der Waals surface area contributed by atoms with Crippen LogP contribution in [0.15, 0.2) is 0 Å². The number of hydrogen-bond donors (Lipinski definition) is 2. The van der Waals surface area contributed by atoms with Gasteiger partial charge in [-0.25, -0.2) is 0 Å². The van der Waals surface area contributed by atoms with Crippen LogP contribution >= 0.6 is 12.4 Å². The van der Waals surface area contributed by atoms with Crippen LogP contribution in [-0.2, 0) is 10.2 Å². The average molecular weight is 284 g/mol. The molecular formula is C10H22ClN3O2S. The second-order valence-electron chi connectivity index (χ2n) is 5.03. The Bertz CT molecular complexity index is 347. The lowest BCUT2D eigenvalue weighted by Gasteiger charge is -2.34. The monoisotopic (exact) mass is 283 g/mol. The minimum atomic E-state index is -3.27. The molecule has 0 aromatic heterocycles. The summed E-state index contributed by atoms with van der Waals surface area (Å²) in [6.45, 7) is 6.03. The third-order valence-corrected chi connectivity index (χ3v) is 5.12. The fraction of sp³-hybridized carbons (Fsp3) is 1.00. The maximum Gasteiger partial charge on any atom is 0.279 e. The van der Waals surface area contributed by atoms with Gasteiger partial charge in [-0.3, -0.25) is 0 Å². The van der Waals surface area contributed by atoms with E-state index in [-0.39, 0.29) is 18.4 Å². The summed E-state index contributed by atoms with van der Waals surface area (Å²) in [5.74, 6) is 0.498. The van der Waals surface area contributed by atoms with Gasteiger partial charge in [0.1, 0.15) is 0 Å². The Morgan fingerprint density at radius 3 is 2.71 bits per heavy atom. The maximum absolute atomic E-state index is 12.0. The predicted molar refractivity (Wildman–Crippen MR) is 70.5 cm³/mol. The predicted octanol–water partition coefficient (Wildman–Crippen LogP) is 0.335. The number of nitrogens with zero attached hydrogens (tertiary/aromatic N) is 1. The molecule has 0 spiro atoms. The summed E-state index contributed by atoms with van der Waals surface area (Å²) < 4.78 is 28.2. The second kappa shape index (κ2) is 5.84. The van der Waals surface area contributed by atoms with Crippen molar-refractivity contribution in [2.24, 2.45) is 5.92 Å². The molecule has 102 valence electrons. The van der Waals surface area contributed by atoms with Crippen LogP contribution in [0.3, 0.4) is 0 Å². The molecule has 0 saturated carbocycles. The number of piperidine rings is 1. The van der Waals surface area contributed by atoms with E-state index >= 15 is 0 Å². The fourth-order valence-electron chi connectivity index (χ4n) is 2.60. The summed E-state index contributed by atoms with van der Waals surface area (Å²) in [6.07, 6.45) is 2.03. The first-order valence-corrected chi connectivity index (χ1v) is 7.44. The number of hydrogen-bond acceptors (Lipinski definition) is 3. The number of fused-ring (bicyclic) bond motifs is 1. The Balaban J connectivity index is 0.00000144. The average Bonchev–Trinajstić information content (AvgIpc) is 2.61. The van der Waals surface area contributed by atoms with Crippen molar-refractivity contribution in [3.8, 4) is 0 Å². The summed E-state index contributed by atoms with van der Waals surface area (Å²) in [6, 6.07) is 0.495. The van der Waals surface area contributed by atoms with Gasteiger partial charge in [-0.2, -0.15) is 17.4 Å². The van der Waals surface area contributed by atoms with Gasteiger partial charge in [-0.1, -0.05) is 0 Å². The maximum atomic E-state index is 12.0. The van der Waals surface area contributed by atoms with E-state index in [2.05, 4.69) is 10.0 Å². The van der Waals surface area contributed by atoms with Crippen LogP contribution in [0.25, 0.3) is 0 Å². The molecular weight excluding hydrogens is 262 g/mol. The Kier molecular flexibility index (Phi) is 5.21. The highest BCUT2D eigenvalue weighted by Crippen LogP contribution is 2.25. The van der Waals surface area contributed by atoms with Crippen molar-refractivity contribution in [3.05, 3.63) is 0 Å². The lowest BCUT2D eigenvalue weighted by atomic mass is 9.95. The molecule has 5 nitrogen and oxygen atoms in total. The van der Waals surface area contributed by atoms with Crippen molar-refractivity contribution in [1.82, 2.24) is 14.3 Å². The highest BCUT2D eigenvalue weighted by molar-refractivity contribution is 7.87. The summed E-state index contributed by atoms with van der Waals surface area (Å²) in [5.41, 5.74) is 0. The van der Waals surface area contributed by atoms with Crippen molar-refractivity contribution in [3.63, 3.8) is 0 Å². The zero-order valence-corrected chi connectivity index (χ0v) is 12.0. The highest BCUT2D eigenvalue weighted by Gasteiger charge is 2.37.